The quantitative estimate of drug-likeness (QED) is 0.912. The standard InChI is InChI=1S/C17H19N3O2/c21-17(22)16-14-10-19(11-15(14)16)8-12-4-1-2-5-13(12)9-20-7-3-6-18-20/h1-7,14-16H,8-11H2,(H,21,22)/t14-,15+,16?. The Morgan fingerprint density at radius 3 is 2.41 bits per heavy atom. The highest BCUT2D eigenvalue weighted by Crippen LogP contribution is 2.52. The fourth-order valence-corrected chi connectivity index (χ4v) is 3.78. The molecule has 22 heavy (non-hydrogen) atoms. The number of fused-ring (bicyclic) bond motifs is 1. The van der Waals surface area contributed by atoms with E-state index in [0.717, 1.165) is 26.2 Å². The van der Waals surface area contributed by atoms with E-state index in [0.29, 0.717) is 11.8 Å². The van der Waals surface area contributed by atoms with E-state index in [2.05, 4.69) is 34.3 Å². The van der Waals surface area contributed by atoms with Crippen molar-refractivity contribution in [3.8, 4) is 0 Å². The third kappa shape index (κ3) is 2.41. The highest BCUT2D eigenvalue weighted by atomic mass is 16.4. The lowest BCUT2D eigenvalue weighted by atomic mass is 10.1. The van der Waals surface area contributed by atoms with E-state index in [4.69, 9.17) is 5.11 Å². The molecule has 0 amide bonds. The molecule has 5 heteroatoms. The Labute approximate surface area is 129 Å². The first-order valence-electron chi connectivity index (χ1n) is 7.72. The average Bonchev–Trinajstić information content (AvgIpc) is 2.88. The van der Waals surface area contributed by atoms with Gasteiger partial charge in [0.15, 0.2) is 0 Å². The Balaban J connectivity index is 1.43. The van der Waals surface area contributed by atoms with Crippen LogP contribution >= 0.6 is 0 Å². The zero-order valence-electron chi connectivity index (χ0n) is 12.3. The molecule has 0 spiro atoms. The van der Waals surface area contributed by atoms with Crippen molar-refractivity contribution in [1.29, 1.82) is 0 Å². The highest BCUT2D eigenvalue weighted by molar-refractivity contribution is 5.74. The summed E-state index contributed by atoms with van der Waals surface area (Å²) in [6.07, 6.45) is 3.77. The van der Waals surface area contributed by atoms with Crippen LogP contribution in [0.25, 0.3) is 0 Å². The SMILES string of the molecule is O=C(O)C1[C@H]2CN(Cc3ccccc3Cn3cccn3)C[C@@H]12. The molecule has 0 radical (unpaired) electrons. The minimum Gasteiger partial charge on any atom is -0.481 e. The molecule has 2 fully saturated rings. The molecule has 1 aliphatic carbocycles. The van der Waals surface area contributed by atoms with E-state index in [1.165, 1.54) is 11.1 Å². The van der Waals surface area contributed by atoms with E-state index in [1.807, 2.05) is 16.9 Å². The largest absolute Gasteiger partial charge is 0.481 e. The third-order valence-corrected chi connectivity index (χ3v) is 4.96. The van der Waals surface area contributed by atoms with Gasteiger partial charge in [-0.05, 0) is 29.0 Å². The molecular formula is C17H19N3O2. The number of benzene rings is 1. The van der Waals surface area contributed by atoms with E-state index in [1.54, 1.807) is 6.20 Å². The van der Waals surface area contributed by atoms with Crippen LogP contribution in [0.4, 0.5) is 0 Å². The molecule has 1 aromatic heterocycles. The van der Waals surface area contributed by atoms with Gasteiger partial charge in [0.1, 0.15) is 0 Å². The van der Waals surface area contributed by atoms with E-state index in [9.17, 15) is 4.79 Å². The van der Waals surface area contributed by atoms with Crippen molar-refractivity contribution in [2.45, 2.75) is 13.1 Å². The summed E-state index contributed by atoms with van der Waals surface area (Å²) in [4.78, 5) is 13.4. The molecule has 3 atom stereocenters. The van der Waals surface area contributed by atoms with Gasteiger partial charge in [0.05, 0.1) is 12.5 Å². The molecule has 1 aromatic carbocycles. The zero-order chi connectivity index (χ0) is 15.1. The number of piperidine rings is 1. The number of carboxylic acid groups (broad SMARTS) is 1. The monoisotopic (exact) mass is 297 g/mol. The molecule has 1 unspecified atom stereocenters. The van der Waals surface area contributed by atoms with Crippen LogP contribution in [0, 0.1) is 17.8 Å². The Hall–Kier alpha value is -2.14. The van der Waals surface area contributed by atoms with Crippen LogP contribution in [0.3, 0.4) is 0 Å². The van der Waals surface area contributed by atoms with Crippen LogP contribution in [0.1, 0.15) is 11.1 Å². The first kappa shape index (κ1) is 13.5. The van der Waals surface area contributed by atoms with Gasteiger partial charge in [-0.25, -0.2) is 0 Å². The van der Waals surface area contributed by atoms with Gasteiger partial charge in [0.25, 0.3) is 0 Å². The fourth-order valence-electron chi connectivity index (χ4n) is 3.78. The van der Waals surface area contributed by atoms with Gasteiger partial charge in [-0.1, -0.05) is 24.3 Å². The summed E-state index contributed by atoms with van der Waals surface area (Å²) < 4.78 is 1.93. The molecule has 0 bridgehead atoms. The van der Waals surface area contributed by atoms with E-state index in [-0.39, 0.29) is 5.92 Å². The second kappa shape index (κ2) is 5.25. The summed E-state index contributed by atoms with van der Waals surface area (Å²) in [7, 11) is 0. The number of carbonyl (C=O) groups is 1. The molecule has 2 aromatic rings. The van der Waals surface area contributed by atoms with Crippen molar-refractivity contribution in [1.82, 2.24) is 14.7 Å². The maximum atomic E-state index is 11.0. The number of nitrogens with zero attached hydrogens (tertiary/aromatic N) is 3. The van der Waals surface area contributed by atoms with Crippen molar-refractivity contribution in [3.05, 3.63) is 53.9 Å². The Bertz CT molecular complexity index is 671. The van der Waals surface area contributed by atoms with Crippen LogP contribution in [-0.4, -0.2) is 38.8 Å². The molecule has 4 rings (SSSR count). The second-order valence-electron chi connectivity index (χ2n) is 6.36. The van der Waals surface area contributed by atoms with Crippen LogP contribution in [0.5, 0.6) is 0 Å². The van der Waals surface area contributed by atoms with Gasteiger partial charge in [0.2, 0.25) is 0 Å². The molecule has 5 nitrogen and oxygen atoms in total. The first-order chi connectivity index (χ1) is 10.7. The first-order valence-corrected chi connectivity index (χ1v) is 7.72. The van der Waals surface area contributed by atoms with Gasteiger partial charge in [-0.2, -0.15) is 5.10 Å². The number of carboxylic acids is 1. The molecule has 114 valence electrons. The molecule has 1 N–H and O–H groups in total. The number of rotatable bonds is 5. The van der Waals surface area contributed by atoms with Crippen LogP contribution in [0.15, 0.2) is 42.7 Å². The smallest absolute Gasteiger partial charge is 0.307 e. The van der Waals surface area contributed by atoms with Gasteiger partial charge >= 0.3 is 5.97 Å². The number of aliphatic carboxylic acids is 1. The summed E-state index contributed by atoms with van der Waals surface area (Å²) in [6.45, 7) is 3.51. The number of likely N-dealkylation sites (tertiary alicyclic amines) is 1. The summed E-state index contributed by atoms with van der Waals surface area (Å²) in [5.41, 5.74) is 2.59. The molecule has 1 saturated carbocycles. The summed E-state index contributed by atoms with van der Waals surface area (Å²) >= 11 is 0. The molecule has 2 heterocycles. The minimum absolute atomic E-state index is 0.0874. The highest BCUT2D eigenvalue weighted by Gasteiger charge is 2.59. The second-order valence-corrected chi connectivity index (χ2v) is 6.36. The number of aromatic nitrogens is 2. The molecular weight excluding hydrogens is 278 g/mol. The van der Waals surface area contributed by atoms with Crippen LogP contribution in [0.2, 0.25) is 0 Å². The van der Waals surface area contributed by atoms with E-state index >= 15 is 0 Å². The van der Waals surface area contributed by atoms with Crippen molar-refractivity contribution < 1.29 is 9.90 Å². The number of hydrogen-bond donors (Lipinski definition) is 1. The van der Waals surface area contributed by atoms with Crippen LogP contribution in [-0.2, 0) is 17.9 Å². The Kier molecular flexibility index (Phi) is 3.22. The minimum atomic E-state index is -0.617. The normalized spacial score (nSPS) is 26.8. The van der Waals surface area contributed by atoms with Crippen molar-refractivity contribution in [3.63, 3.8) is 0 Å². The Morgan fingerprint density at radius 1 is 1.14 bits per heavy atom. The maximum Gasteiger partial charge on any atom is 0.307 e. The summed E-state index contributed by atoms with van der Waals surface area (Å²) in [5, 5.41) is 13.4. The number of hydrogen-bond acceptors (Lipinski definition) is 3. The summed E-state index contributed by atoms with van der Waals surface area (Å²) in [6, 6.07) is 10.4. The topological polar surface area (TPSA) is 58.4 Å². The lowest BCUT2D eigenvalue weighted by Gasteiger charge is -2.20. The van der Waals surface area contributed by atoms with E-state index < -0.39 is 5.97 Å². The van der Waals surface area contributed by atoms with Gasteiger partial charge in [-0.3, -0.25) is 14.4 Å². The average molecular weight is 297 g/mol. The predicted molar refractivity (Wildman–Crippen MR) is 81.2 cm³/mol. The maximum absolute atomic E-state index is 11.0. The molecule has 2 aliphatic rings. The predicted octanol–water partition coefficient (Wildman–Crippen LogP) is 1.69. The lowest BCUT2D eigenvalue weighted by molar-refractivity contribution is -0.139. The van der Waals surface area contributed by atoms with Crippen molar-refractivity contribution >= 4 is 5.97 Å². The molecule has 1 aliphatic heterocycles. The van der Waals surface area contributed by atoms with Gasteiger partial charge in [0, 0.05) is 32.0 Å². The van der Waals surface area contributed by atoms with Gasteiger partial charge < -0.3 is 5.11 Å². The van der Waals surface area contributed by atoms with Crippen molar-refractivity contribution in [2.24, 2.45) is 17.8 Å². The Morgan fingerprint density at radius 2 is 1.82 bits per heavy atom. The fraction of sp³-hybridized carbons (Fsp3) is 0.412. The summed E-state index contributed by atoms with van der Waals surface area (Å²) in [5.74, 6) is 0.0378. The van der Waals surface area contributed by atoms with Crippen molar-refractivity contribution in [2.75, 3.05) is 13.1 Å². The zero-order valence-corrected chi connectivity index (χ0v) is 12.3. The molecule has 1 saturated heterocycles. The van der Waals surface area contributed by atoms with Crippen LogP contribution < -0.4 is 0 Å². The van der Waals surface area contributed by atoms with Gasteiger partial charge in [-0.15, -0.1) is 0 Å². The lowest BCUT2D eigenvalue weighted by Crippen LogP contribution is -2.26. The third-order valence-electron chi connectivity index (χ3n) is 4.96.